The van der Waals surface area contributed by atoms with Crippen molar-refractivity contribution in [2.45, 2.75) is 38.3 Å². The molecule has 13 heavy (non-hydrogen) atoms. The Labute approximate surface area is 79.5 Å². The molecule has 0 radical (unpaired) electrons. The van der Waals surface area contributed by atoms with Gasteiger partial charge < -0.3 is 10.2 Å². The smallest absolute Gasteiger partial charge is 0.219 e. The van der Waals surface area contributed by atoms with Crippen molar-refractivity contribution in [2.75, 3.05) is 13.6 Å². The summed E-state index contributed by atoms with van der Waals surface area (Å²) >= 11 is 0. The quantitative estimate of drug-likeness (QED) is 0.678. The number of amides is 1. The minimum atomic E-state index is 0.254. The van der Waals surface area contributed by atoms with Crippen molar-refractivity contribution >= 4 is 5.91 Å². The van der Waals surface area contributed by atoms with Gasteiger partial charge in [0.15, 0.2) is 0 Å². The van der Waals surface area contributed by atoms with E-state index >= 15 is 0 Å². The highest BCUT2D eigenvalue weighted by Gasteiger charge is 2.46. The van der Waals surface area contributed by atoms with Gasteiger partial charge >= 0.3 is 0 Å². The zero-order valence-corrected chi connectivity index (χ0v) is 8.42. The van der Waals surface area contributed by atoms with E-state index < -0.39 is 0 Å². The maximum atomic E-state index is 11.3. The zero-order chi connectivity index (χ0) is 9.42. The van der Waals surface area contributed by atoms with Crippen LogP contribution in [0.4, 0.5) is 0 Å². The first-order chi connectivity index (χ1) is 6.24. The Hall–Kier alpha value is -0.570. The Bertz CT molecular complexity index is 217. The Balaban J connectivity index is 1.95. The summed E-state index contributed by atoms with van der Waals surface area (Å²) < 4.78 is 0. The average molecular weight is 182 g/mol. The van der Waals surface area contributed by atoms with Crippen LogP contribution < -0.4 is 5.32 Å². The fraction of sp³-hybridized carbons (Fsp3) is 0.900. The van der Waals surface area contributed by atoms with Gasteiger partial charge in [-0.15, -0.1) is 0 Å². The van der Waals surface area contributed by atoms with E-state index in [0.29, 0.717) is 12.1 Å². The molecule has 1 aliphatic heterocycles. The number of nitrogens with one attached hydrogen (secondary N) is 1. The molecular weight excluding hydrogens is 164 g/mol. The molecule has 3 heteroatoms. The van der Waals surface area contributed by atoms with E-state index in [1.54, 1.807) is 6.92 Å². The monoisotopic (exact) mass is 182 g/mol. The Morgan fingerprint density at radius 3 is 2.85 bits per heavy atom. The number of carbonyl (C=O) groups is 1. The van der Waals surface area contributed by atoms with Crippen LogP contribution in [-0.2, 0) is 4.79 Å². The van der Waals surface area contributed by atoms with Crippen LogP contribution in [0.2, 0.25) is 0 Å². The Morgan fingerprint density at radius 2 is 2.31 bits per heavy atom. The lowest BCUT2D eigenvalue weighted by Crippen LogP contribution is -2.36. The summed E-state index contributed by atoms with van der Waals surface area (Å²) in [5.41, 5.74) is 0. The van der Waals surface area contributed by atoms with Gasteiger partial charge in [-0.3, -0.25) is 4.79 Å². The molecule has 1 heterocycles. The molecule has 1 saturated heterocycles. The second kappa shape index (κ2) is 3.29. The third kappa shape index (κ3) is 1.57. The molecular formula is C10H18N2O. The number of hydrogen-bond donors (Lipinski definition) is 1. The lowest BCUT2D eigenvalue weighted by atomic mass is 10.1. The highest BCUT2D eigenvalue weighted by atomic mass is 16.2. The van der Waals surface area contributed by atoms with E-state index in [9.17, 15) is 4.79 Å². The van der Waals surface area contributed by atoms with E-state index in [0.717, 1.165) is 12.5 Å². The topological polar surface area (TPSA) is 32.3 Å². The average Bonchev–Trinajstić information content (AvgIpc) is 2.72. The first kappa shape index (κ1) is 9.00. The molecule has 3 nitrogen and oxygen atoms in total. The minimum Gasteiger partial charge on any atom is -0.340 e. The van der Waals surface area contributed by atoms with Crippen LogP contribution >= 0.6 is 0 Å². The number of carbonyl (C=O) groups excluding carboxylic acids is 1. The molecule has 1 aliphatic carbocycles. The molecule has 74 valence electrons. The first-order valence-corrected chi connectivity index (χ1v) is 5.18. The lowest BCUT2D eigenvalue weighted by molar-refractivity contribution is -0.130. The number of hydrogen-bond acceptors (Lipinski definition) is 2. The largest absolute Gasteiger partial charge is 0.340 e. The molecule has 1 saturated carbocycles. The van der Waals surface area contributed by atoms with E-state index in [1.165, 1.54) is 19.3 Å². The van der Waals surface area contributed by atoms with Gasteiger partial charge in [-0.2, -0.15) is 0 Å². The molecule has 3 atom stereocenters. The van der Waals surface area contributed by atoms with Gasteiger partial charge in [0.1, 0.15) is 0 Å². The summed E-state index contributed by atoms with van der Waals surface area (Å²) in [7, 11) is 2.01. The van der Waals surface area contributed by atoms with Gasteiger partial charge in [0.2, 0.25) is 5.91 Å². The van der Waals surface area contributed by atoms with Crippen molar-refractivity contribution in [3.05, 3.63) is 0 Å². The van der Waals surface area contributed by atoms with Crippen molar-refractivity contribution < 1.29 is 4.79 Å². The predicted molar refractivity (Wildman–Crippen MR) is 51.4 cm³/mol. The molecule has 0 spiro atoms. The van der Waals surface area contributed by atoms with Crippen molar-refractivity contribution in [3.63, 3.8) is 0 Å². The summed E-state index contributed by atoms with van der Waals surface area (Å²) in [4.78, 5) is 13.3. The number of likely N-dealkylation sites (tertiary alicyclic amines) is 1. The standard InChI is InChI=1S/C10H18N2O/c1-7(13)12-5-3-4-10(12)8-6-9(8)11-2/h8-11H,3-6H2,1-2H3. The van der Waals surface area contributed by atoms with Crippen LogP contribution in [0.25, 0.3) is 0 Å². The van der Waals surface area contributed by atoms with E-state index in [2.05, 4.69) is 10.2 Å². The van der Waals surface area contributed by atoms with E-state index in [4.69, 9.17) is 0 Å². The predicted octanol–water partition coefficient (Wildman–Crippen LogP) is 0.605. The van der Waals surface area contributed by atoms with Gasteiger partial charge in [0.05, 0.1) is 0 Å². The maximum absolute atomic E-state index is 11.3. The normalized spacial score (nSPS) is 38.0. The minimum absolute atomic E-state index is 0.254. The maximum Gasteiger partial charge on any atom is 0.219 e. The number of nitrogens with zero attached hydrogens (tertiary/aromatic N) is 1. The lowest BCUT2D eigenvalue weighted by Gasteiger charge is -2.23. The van der Waals surface area contributed by atoms with E-state index in [-0.39, 0.29) is 5.91 Å². The molecule has 3 unspecified atom stereocenters. The summed E-state index contributed by atoms with van der Waals surface area (Å²) in [6.07, 6.45) is 3.66. The molecule has 2 rings (SSSR count). The summed E-state index contributed by atoms with van der Waals surface area (Å²) in [5.74, 6) is 0.987. The van der Waals surface area contributed by atoms with Crippen molar-refractivity contribution in [1.82, 2.24) is 10.2 Å². The van der Waals surface area contributed by atoms with Crippen molar-refractivity contribution in [3.8, 4) is 0 Å². The summed E-state index contributed by atoms with van der Waals surface area (Å²) in [6, 6.07) is 1.21. The molecule has 1 N–H and O–H groups in total. The number of rotatable bonds is 2. The second-order valence-electron chi connectivity index (χ2n) is 4.22. The molecule has 0 bridgehead atoms. The van der Waals surface area contributed by atoms with Crippen LogP contribution in [-0.4, -0.2) is 36.5 Å². The van der Waals surface area contributed by atoms with Gasteiger partial charge in [-0.25, -0.2) is 0 Å². The van der Waals surface area contributed by atoms with Gasteiger partial charge in [-0.1, -0.05) is 0 Å². The highest BCUT2D eigenvalue weighted by molar-refractivity contribution is 5.74. The zero-order valence-electron chi connectivity index (χ0n) is 8.42. The molecule has 2 aliphatic rings. The van der Waals surface area contributed by atoms with Gasteiger partial charge in [-0.05, 0) is 32.2 Å². The fourth-order valence-corrected chi connectivity index (χ4v) is 2.60. The second-order valence-corrected chi connectivity index (χ2v) is 4.22. The molecule has 0 aromatic heterocycles. The SMILES string of the molecule is CNC1CC1C1CCCN1C(C)=O. The van der Waals surface area contributed by atoms with E-state index in [1.807, 2.05) is 7.05 Å². The van der Waals surface area contributed by atoms with Crippen LogP contribution in [0, 0.1) is 5.92 Å². The molecule has 1 amide bonds. The Kier molecular flexibility index (Phi) is 2.28. The van der Waals surface area contributed by atoms with Crippen molar-refractivity contribution in [1.29, 1.82) is 0 Å². The first-order valence-electron chi connectivity index (χ1n) is 5.18. The summed E-state index contributed by atoms with van der Waals surface area (Å²) in [6.45, 7) is 2.67. The van der Waals surface area contributed by atoms with Crippen LogP contribution in [0.15, 0.2) is 0 Å². The molecule has 0 aromatic carbocycles. The van der Waals surface area contributed by atoms with Gasteiger partial charge in [0.25, 0.3) is 0 Å². The highest BCUT2D eigenvalue weighted by Crippen LogP contribution is 2.40. The molecule has 2 fully saturated rings. The third-order valence-corrected chi connectivity index (χ3v) is 3.41. The van der Waals surface area contributed by atoms with Crippen molar-refractivity contribution in [2.24, 2.45) is 5.92 Å². The summed E-state index contributed by atoms with van der Waals surface area (Å²) in [5, 5.41) is 3.29. The molecule has 0 aromatic rings. The van der Waals surface area contributed by atoms with Crippen LogP contribution in [0.1, 0.15) is 26.2 Å². The fourth-order valence-electron chi connectivity index (χ4n) is 2.60. The Morgan fingerprint density at radius 1 is 1.54 bits per heavy atom. The van der Waals surface area contributed by atoms with Crippen LogP contribution in [0.5, 0.6) is 0 Å². The third-order valence-electron chi connectivity index (χ3n) is 3.41. The van der Waals surface area contributed by atoms with Crippen LogP contribution in [0.3, 0.4) is 0 Å². The van der Waals surface area contributed by atoms with Gasteiger partial charge in [0, 0.05) is 25.6 Å².